The summed E-state index contributed by atoms with van der Waals surface area (Å²) >= 11 is 0. The Hall–Kier alpha value is -2.43. The SMILES string of the molecule is CCc1cc(C(=O)Nc2cccc(C=O)c2)n(C)n1. The molecule has 2 aromatic rings. The van der Waals surface area contributed by atoms with Gasteiger partial charge in [0, 0.05) is 18.3 Å². The summed E-state index contributed by atoms with van der Waals surface area (Å²) in [5, 5.41) is 6.98. The Morgan fingerprint density at radius 3 is 2.84 bits per heavy atom. The first-order chi connectivity index (χ1) is 9.13. The summed E-state index contributed by atoms with van der Waals surface area (Å²) in [6.07, 6.45) is 1.52. The van der Waals surface area contributed by atoms with Crippen LogP contribution in [-0.4, -0.2) is 22.0 Å². The number of aryl methyl sites for hydroxylation is 2. The van der Waals surface area contributed by atoms with E-state index in [1.807, 2.05) is 6.92 Å². The van der Waals surface area contributed by atoms with Crippen LogP contribution in [0.5, 0.6) is 0 Å². The summed E-state index contributed by atoms with van der Waals surface area (Å²) in [5.74, 6) is -0.238. The Labute approximate surface area is 111 Å². The lowest BCUT2D eigenvalue weighted by Crippen LogP contribution is -2.16. The van der Waals surface area contributed by atoms with Crippen LogP contribution in [0.4, 0.5) is 5.69 Å². The Bertz CT molecular complexity index is 617. The van der Waals surface area contributed by atoms with E-state index < -0.39 is 0 Å². The molecule has 0 saturated carbocycles. The van der Waals surface area contributed by atoms with E-state index in [1.54, 1.807) is 42.1 Å². The Kier molecular flexibility index (Phi) is 3.75. The first kappa shape index (κ1) is 13.0. The number of hydrogen-bond donors (Lipinski definition) is 1. The maximum atomic E-state index is 12.1. The fraction of sp³-hybridized carbons (Fsp3) is 0.214. The van der Waals surface area contributed by atoms with Gasteiger partial charge in [0.15, 0.2) is 0 Å². The van der Waals surface area contributed by atoms with Crippen molar-refractivity contribution >= 4 is 17.9 Å². The van der Waals surface area contributed by atoms with Gasteiger partial charge in [0.2, 0.25) is 0 Å². The van der Waals surface area contributed by atoms with Gasteiger partial charge in [-0.25, -0.2) is 0 Å². The molecule has 0 aliphatic rings. The molecule has 0 bridgehead atoms. The zero-order valence-electron chi connectivity index (χ0n) is 10.9. The molecule has 0 fully saturated rings. The van der Waals surface area contributed by atoms with E-state index in [0.717, 1.165) is 18.4 Å². The number of nitrogens with one attached hydrogen (secondary N) is 1. The summed E-state index contributed by atoms with van der Waals surface area (Å²) in [5.41, 5.74) is 2.48. The van der Waals surface area contributed by atoms with Crippen molar-refractivity contribution in [1.82, 2.24) is 9.78 Å². The molecule has 0 radical (unpaired) electrons. The lowest BCUT2D eigenvalue weighted by Gasteiger charge is -2.05. The Morgan fingerprint density at radius 1 is 1.42 bits per heavy atom. The molecule has 0 aliphatic heterocycles. The van der Waals surface area contributed by atoms with Gasteiger partial charge in [-0.15, -0.1) is 0 Å². The monoisotopic (exact) mass is 257 g/mol. The van der Waals surface area contributed by atoms with E-state index >= 15 is 0 Å². The minimum atomic E-state index is -0.238. The third kappa shape index (κ3) is 2.88. The predicted octanol–water partition coefficient (Wildman–Crippen LogP) is 2.05. The molecule has 1 N–H and O–H groups in total. The molecule has 5 heteroatoms. The molecule has 0 spiro atoms. The normalized spacial score (nSPS) is 10.2. The molecule has 2 rings (SSSR count). The van der Waals surface area contributed by atoms with Crippen LogP contribution in [0.15, 0.2) is 30.3 Å². The number of rotatable bonds is 4. The second kappa shape index (κ2) is 5.48. The molecule has 5 nitrogen and oxygen atoms in total. The number of anilines is 1. The maximum Gasteiger partial charge on any atom is 0.273 e. The molecule has 0 unspecified atom stereocenters. The minimum Gasteiger partial charge on any atom is -0.321 e. The molecule has 19 heavy (non-hydrogen) atoms. The fourth-order valence-corrected chi connectivity index (χ4v) is 1.80. The number of hydrogen-bond acceptors (Lipinski definition) is 3. The number of benzene rings is 1. The first-order valence-electron chi connectivity index (χ1n) is 6.03. The quantitative estimate of drug-likeness (QED) is 0.852. The average Bonchev–Trinajstić information content (AvgIpc) is 2.80. The van der Waals surface area contributed by atoms with Crippen LogP contribution in [0.2, 0.25) is 0 Å². The summed E-state index contributed by atoms with van der Waals surface area (Å²) < 4.78 is 1.55. The highest BCUT2D eigenvalue weighted by Gasteiger charge is 2.12. The van der Waals surface area contributed by atoms with Gasteiger partial charge in [0.1, 0.15) is 12.0 Å². The van der Waals surface area contributed by atoms with Crippen LogP contribution >= 0.6 is 0 Å². The lowest BCUT2D eigenvalue weighted by molar-refractivity contribution is 0.101. The molecule has 0 atom stereocenters. The third-order valence-electron chi connectivity index (χ3n) is 2.81. The summed E-state index contributed by atoms with van der Waals surface area (Å²) in [6.45, 7) is 1.98. The Balaban J connectivity index is 2.20. The van der Waals surface area contributed by atoms with Crippen molar-refractivity contribution in [2.24, 2.45) is 7.05 Å². The topological polar surface area (TPSA) is 64.0 Å². The second-order valence-electron chi connectivity index (χ2n) is 4.20. The average molecular weight is 257 g/mol. The van der Waals surface area contributed by atoms with E-state index in [1.165, 1.54) is 0 Å². The van der Waals surface area contributed by atoms with Crippen molar-refractivity contribution < 1.29 is 9.59 Å². The van der Waals surface area contributed by atoms with Crippen molar-refractivity contribution in [3.63, 3.8) is 0 Å². The van der Waals surface area contributed by atoms with Gasteiger partial charge in [0.05, 0.1) is 5.69 Å². The van der Waals surface area contributed by atoms with Crippen LogP contribution in [-0.2, 0) is 13.5 Å². The number of aromatic nitrogens is 2. The number of carbonyl (C=O) groups excluding carboxylic acids is 2. The van der Waals surface area contributed by atoms with Crippen molar-refractivity contribution in [3.8, 4) is 0 Å². The van der Waals surface area contributed by atoms with Crippen molar-refractivity contribution in [2.75, 3.05) is 5.32 Å². The maximum absolute atomic E-state index is 12.1. The highest BCUT2D eigenvalue weighted by molar-refractivity contribution is 6.03. The molecule has 1 amide bonds. The molecule has 1 aromatic heterocycles. The van der Waals surface area contributed by atoms with E-state index in [4.69, 9.17) is 0 Å². The van der Waals surface area contributed by atoms with Crippen LogP contribution in [0.3, 0.4) is 0 Å². The second-order valence-corrected chi connectivity index (χ2v) is 4.20. The van der Waals surface area contributed by atoms with E-state index in [-0.39, 0.29) is 5.91 Å². The van der Waals surface area contributed by atoms with Crippen molar-refractivity contribution in [2.45, 2.75) is 13.3 Å². The largest absolute Gasteiger partial charge is 0.321 e. The van der Waals surface area contributed by atoms with E-state index in [0.29, 0.717) is 16.9 Å². The number of amides is 1. The van der Waals surface area contributed by atoms with E-state index in [2.05, 4.69) is 10.4 Å². The van der Waals surface area contributed by atoms with Gasteiger partial charge in [-0.05, 0) is 24.6 Å². The zero-order chi connectivity index (χ0) is 13.8. The number of carbonyl (C=O) groups is 2. The lowest BCUT2D eigenvalue weighted by atomic mass is 10.2. The van der Waals surface area contributed by atoms with E-state index in [9.17, 15) is 9.59 Å². The molecule has 0 aliphatic carbocycles. The smallest absolute Gasteiger partial charge is 0.273 e. The molecular weight excluding hydrogens is 242 g/mol. The van der Waals surface area contributed by atoms with Gasteiger partial charge in [-0.3, -0.25) is 14.3 Å². The minimum absolute atomic E-state index is 0.238. The summed E-state index contributed by atoms with van der Waals surface area (Å²) in [7, 11) is 1.73. The molecular formula is C14H15N3O2. The van der Waals surface area contributed by atoms with Crippen LogP contribution < -0.4 is 5.32 Å². The van der Waals surface area contributed by atoms with Crippen LogP contribution in [0, 0.1) is 0 Å². The molecule has 98 valence electrons. The van der Waals surface area contributed by atoms with Gasteiger partial charge < -0.3 is 5.32 Å². The van der Waals surface area contributed by atoms with Gasteiger partial charge in [0.25, 0.3) is 5.91 Å². The van der Waals surface area contributed by atoms with Gasteiger partial charge in [-0.1, -0.05) is 19.1 Å². The van der Waals surface area contributed by atoms with Crippen molar-refractivity contribution in [1.29, 1.82) is 0 Å². The number of aldehydes is 1. The Morgan fingerprint density at radius 2 is 2.21 bits per heavy atom. The van der Waals surface area contributed by atoms with Crippen LogP contribution in [0.1, 0.15) is 33.5 Å². The van der Waals surface area contributed by atoms with Crippen LogP contribution in [0.25, 0.3) is 0 Å². The standard InChI is InChI=1S/C14H15N3O2/c1-3-11-8-13(17(2)16-11)14(19)15-12-6-4-5-10(7-12)9-18/h4-9H,3H2,1-2H3,(H,15,19). The van der Waals surface area contributed by atoms with Gasteiger partial charge in [-0.2, -0.15) is 5.10 Å². The predicted molar refractivity (Wildman–Crippen MR) is 72.4 cm³/mol. The summed E-state index contributed by atoms with van der Waals surface area (Å²) in [6, 6.07) is 8.53. The van der Waals surface area contributed by atoms with Crippen molar-refractivity contribution in [3.05, 3.63) is 47.3 Å². The zero-order valence-corrected chi connectivity index (χ0v) is 10.9. The molecule has 1 aromatic carbocycles. The highest BCUT2D eigenvalue weighted by Crippen LogP contribution is 2.12. The third-order valence-corrected chi connectivity index (χ3v) is 2.81. The number of nitrogens with zero attached hydrogens (tertiary/aromatic N) is 2. The molecule has 1 heterocycles. The fourth-order valence-electron chi connectivity index (χ4n) is 1.80. The first-order valence-corrected chi connectivity index (χ1v) is 6.03. The highest BCUT2D eigenvalue weighted by atomic mass is 16.2. The van der Waals surface area contributed by atoms with Gasteiger partial charge >= 0.3 is 0 Å². The summed E-state index contributed by atoms with van der Waals surface area (Å²) in [4.78, 5) is 22.8. The molecule has 0 saturated heterocycles.